The van der Waals surface area contributed by atoms with Gasteiger partial charge in [-0.15, -0.1) is 0 Å². The van der Waals surface area contributed by atoms with Crippen LogP contribution in [0.5, 0.6) is 0 Å². The number of allylic oxidation sites excluding steroid dienone is 2. The number of rotatable bonds is 5. The maximum Gasteiger partial charge on any atom is 0.00795 e. The molecule has 1 aromatic heterocycles. The molecule has 0 amide bonds. The van der Waals surface area contributed by atoms with Gasteiger partial charge in [0.05, 0.1) is 0 Å². The van der Waals surface area contributed by atoms with Crippen molar-refractivity contribution >= 4 is 11.3 Å². The first kappa shape index (κ1) is 13.8. The van der Waals surface area contributed by atoms with E-state index in [1.807, 2.05) is 0 Å². The van der Waals surface area contributed by atoms with E-state index in [0.29, 0.717) is 6.04 Å². The Labute approximate surface area is 115 Å². The van der Waals surface area contributed by atoms with Gasteiger partial charge in [0, 0.05) is 6.04 Å². The van der Waals surface area contributed by atoms with E-state index in [9.17, 15) is 0 Å². The smallest absolute Gasteiger partial charge is 0.00795 e. The van der Waals surface area contributed by atoms with Crippen molar-refractivity contribution in [1.82, 2.24) is 5.32 Å². The van der Waals surface area contributed by atoms with E-state index in [4.69, 9.17) is 0 Å². The summed E-state index contributed by atoms with van der Waals surface area (Å²) in [6, 6.07) is 2.82. The zero-order chi connectivity index (χ0) is 13.0. The Morgan fingerprint density at radius 3 is 3.00 bits per heavy atom. The maximum absolute atomic E-state index is 3.71. The largest absolute Gasteiger partial charge is 0.314 e. The summed E-state index contributed by atoms with van der Waals surface area (Å²) in [4.78, 5) is 0. The minimum absolute atomic E-state index is 0.584. The molecule has 100 valence electrons. The van der Waals surface area contributed by atoms with Gasteiger partial charge in [0.2, 0.25) is 0 Å². The van der Waals surface area contributed by atoms with E-state index in [-0.39, 0.29) is 0 Å². The predicted molar refractivity (Wildman–Crippen MR) is 81.1 cm³/mol. The van der Waals surface area contributed by atoms with E-state index >= 15 is 0 Å². The van der Waals surface area contributed by atoms with Crippen LogP contribution in [0.3, 0.4) is 0 Å². The van der Waals surface area contributed by atoms with Crippen LogP contribution in [0, 0.1) is 11.8 Å². The second-order valence-electron chi connectivity index (χ2n) is 5.94. The van der Waals surface area contributed by atoms with Crippen LogP contribution in [0.2, 0.25) is 0 Å². The Morgan fingerprint density at radius 1 is 1.50 bits per heavy atom. The van der Waals surface area contributed by atoms with Gasteiger partial charge in [-0.1, -0.05) is 18.6 Å². The zero-order valence-electron chi connectivity index (χ0n) is 11.8. The minimum atomic E-state index is 0.584. The highest BCUT2D eigenvalue weighted by atomic mass is 32.1. The highest BCUT2D eigenvalue weighted by Crippen LogP contribution is 2.27. The van der Waals surface area contributed by atoms with Crippen LogP contribution < -0.4 is 5.32 Å². The van der Waals surface area contributed by atoms with Crippen molar-refractivity contribution in [2.24, 2.45) is 11.8 Å². The Balaban J connectivity index is 1.73. The molecule has 1 aliphatic carbocycles. The summed E-state index contributed by atoms with van der Waals surface area (Å²) >= 11 is 1.79. The second kappa shape index (κ2) is 6.53. The van der Waals surface area contributed by atoms with Crippen molar-refractivity contribution in [2.75, 3.05) is 6.54 Å². The van der Waals surface area contributed by atoms with Crippen molar-refractivity contribution in [3.63, 3.8) is 0 Å². The van der Waals surface area contributed by atoms with Crippen LogP contribution in [0.1, 0.15) is 39.2 Å². The average Bonchev–Trinajstić information content (AvgIpc) is 2.78. The molecule has 0 aromatic carbocycles. The van der Waals surface area contributed by atoms with Gasteiger partial charge >= 0.3 is 0 Å². The molecule has 1 N–H and O–H groups in total. The first-order chi connectivity index (χ1) is 8.63. The first-order valence-corrected chi connectivity index (χ1v) is 7.99. The van der Waals surface area contributed by atoms with Crippen molar-refractivity contribution in [2.45, 2.75) is 46.1 Å². The highest BCUT2D eigenvalue weighted by Gasteiger charge is 2.18. The van der Waals surface area contributed by atoms with Crippen LogP contribution in [0.15, 0.2) is 28.5 Å². The highest BCUT2D eigenvalue weighted by molar-refractivity contribution is 7.07. The standard InChI is InChI=1S/C16H25NS/c1-12-6-13(2)8-16(7-12)10-17-14(3)9-15-4-5-18-11-15/h4-6,11-12,14,16-17H,7-10H2,1-3H3. The van der Waals surface area contributed by atoms with Gasteiger partial charge in [-0.3, -0.25) is 0 Å². The lowest BCUT2D eigenvalue weighted by Gasteiger charge is -2.27. The molecule has 0 fully saturated rings. The molecule has 0 saturated heterocycles. The quantitative estimate of drug-likeness (QED) is 0.783. The molecule has 2 rings (SSSR count). The van der Waals surface area contributed by atoms with Crippen molar-refractivity contribution < 1.29 is 0 Å². The second-order valence-corrected chi connectivity index (χ2v) is 6.72. The molecule has 0 spiro atoms. The zero-order valence-corrected chi connectivity index (χ0v) is 12.6. The fraction of sp³-hybridized carbons (Fsp3) is 0.625. The normalized spacial score (nSPS) is 25.8. The fourth-order valence-corrected chi connectivity index (χ4v) is 3.73. The van der Waals surface area contributed by atoms with E-state index in [1.165, 1.54) is 24.9 Å². The molecule has 1 nitrogen and oxygen atoms in total. The molecular weight excluding hydrogens is 238 g/mol. The van der Waals surface area contributed by atoms with Gasteiger partial charge in [-0.25, -0.2) is 0 Å². The molecule has 0 saturated carbocycles. The lowest BCUT2D eigenvalue weighted by molar-refractivity contribution is 0.364. The number of hydrogen-bond acceptors (Lipinski definition) is 2. The summed E-state index contributed by atoms with van der Waals surface area (Å²) in [5.41, 5.74) is 3.04. The Kier molecular flexibility index (Phi) is 5.02. The number of thiophene rings is 1. The molecule has 0 aliphatic heterocycles. The summed E-state index contributed by atoms with van der Waals surface area (Å²) < 4.78 is 0. The SMILES string of the molecule is CC1=CC(C)CC(CNC(C)Cc2ccsc2)C1. The Morgan fingerprint density at radius 2 is 2.33 bits per heavy atom. The summed E-state index contributed by atoms with van der Waals surface area (Å²) in [5.74, 6) is 1.59. The van der Waals surface area contributed by atoms with Crippen molar-refractivity contribution in [3.05, 3.63) is 34.0 Å². The minimum Gasteiger partial charge on any atom is -0.314 e. The van der Waals surface area contributed by atoms with Crippen molar-refractivity contribution in [1.29, 1.82) is 0 Å². The van der Waals surface area contributed by atoms with Crippen LogP contribution in [0.4, 0.5) is 0 Å². The van der Waals surface area contributed by atoms with Crippen LogP contribution in [-0.4, -0.2) is 12.6 Å². The van der Waals surface area contributed by atoms with Gasteiger partial charge in [0.15, 0.2) is 0 Å². The van der Waals surface area contributed by atoms with E-state index in [1.54, 1.807) is 16.9 Å². The summed E-state index contributed by atoms with van der Waals surface area (Å²) in [6.45, 7) is 8.08. The molecule has 1 aliphatic rings. The third-order valence-electron chi connectivity index (χ3n) is 3.76. The summed E-state index contributed by atoms with van der Waals surface area (Å²) in [5, 5.41) is 8.13. The average molecular weight is 263 g/mol. The number of nitrogens with one attached hydrogen (secondary N) is 1. The predicted octanol–water partition coefficient (Wildman–Crippen LogP) is 4.26. The van der Waals surface area contributed by atoms with E-state index in [2.05, 4.69) is 49.0 Å². The molecule has 1 aromatic rings. The first-order valence-electron chi connectivity index (χ1n) is 7.05. The van der Waals surface area contributed by atoms with Crippen LogP contribution in [0.25, 0.3) is 0 Å². The molecule has 3 atom stereocenters. The molecule has 3 unspecified atom stereocenters. The molecule has 2 heteroatoms. The third-order valence-corrected chi connectivity index (χ3v) is 4.49. The molecule has 18 heavy (non-hydrogen) atoms. The van der Waals surface area contributed by atoms with Gasteiger partial charge in [-0.2, -0.15) is 11.3 Å². The van der Waals surface area contributed by atoms with Gasteiger partial charge < -0.3 is 5.32 Å². The monoisotopic (exact) mass is 263 g/mol. The number of hydrogen-bond donors (Lipinski definition) is 1. The van der Waals surface area contributed by atoms with Gasteiger partial charge in [0.1, 0.15) is 0 Å². The van der Waals surface area contributed by atoms with Crippen LogP contribution in [-0.2, 0) is 6.42 Å². The molecule has 0 radical (unpaired) electrons. The fourth-order valence-electron chi connectivity index (χ4n) is 3.04. The molecular formula is C16H25NS. The summed E-state index contributed by atoms with van der Waals surface area (Å²) in [7, 11) is 0. The van der Waals surface area contributed by atoms with Gasteiger partial charge in [-0.05, 0) is 73.9 Å². The lowest BCUT2D eigenvalue weighted by atomic mass is 9.83. The van der Waals surface area contributed by atoms with E-state index in [0.717, 1.165) is 18.3 Å². The molecule has 0 bridgehead atoms. The van der Waals surface area contributed by atoms with Crippen molar-refractivity contribution in [3.8, 4) is 0 Å². The third kappa shape index (κ3) is 4.25. The van der Waals surface area contributed by atoms with Gasteiger partial charge in [0.25, 0.3) is 0 Å². The van der Waals surface area contributed by atoms with E-state index < -0.39 is 0 Å². The topological polar surface area (TPSA) is 12.0 Å². The van der Waals surface area contributed by atoms with Crippen LogP contribution >= 0.6 is 11.3 Å². The lowest BCUT2D eigenvalue weighted by Crippen LogP contribution is -2.34. The Hall–Kier alpha value is -0.600. The maximum atomic E-state index is 3.71. The summed E-state index contributed by atoms with van der Waals surface area (Å²) in [6.07, 6.45) is 6.21. The molecule has 1 heterocycles. The Bertz CT molecular complexity index is 380.